The molecule has 2 aromatic carbocycles. The molecule has 0 bridgehead atoms. The van der Waals surface area contributed by atoms with E-state index in [0.29, 0.717) is 23.7 Å². The molecule has 7 heteroatoms. The molecule has 25 heavy (non-hydrogen) atoms. The third-order valence-corrected chi connectivity index (χ3v) is 3.68. The lowest BCUT2D eigenvalue weighted by Gasteiger charge is -2.15. The van der Waals surface area contributed by atoms with Gasteiger partial charge in [0.15, 0.2) is 11.5 Å². The fraction of sp³-hybridized carbons (Fsp3) is 0.222. The van der Waals surface area contributed by atoms with Crippen molar-refractivity contribution in [2.75, 3.05) is 12.1 Å². The van der Waals surface area contributed by atoms with Crippen molar-refractivity contribution in [2.24, 2.45) is 0 Å². The molecular formula is C18H19N3O4. The number of carbonyl (C=O) groups is 2. The van der Waals surface area contributed by atoms with Crippen LogP contribution in [0.5, 0.6) is 11.5 Å². The Hall–Kier alpha value is -3.22. The van der Waals surface area contributed by atoms with Crippen LogP contribution in [0.3, 0.4) is 0 Å². The first-order valence-electron chi connectivity index (χ1n) is 7.90. The third-order valence-electron chi connectivity index (χ3n) is 3.68. The normalized spacial score (nSPS) is 13.0. The van der Waals surface area contributed by atoms with E-state index in [1.54, 1.807) is 25.1 Å². The Morgan fingerprint density at radius 3 is 2.64 bits per heavy atom. The second-order valence-electron chi connectivity index (χ2n) is 5.59. The largest absolute Gasteiger partial charge is 0.454 e. The summed E-state index contributed by atoms with van der Waals surface area (Å²) in [6, 6.07) is 13.6. The Bertz CT molecular complexity index is 764. The zero-order valence-electron chi connectivity index (χ0n) is 13.7. The van der Waals surface area contributed by atoms with Crippen LogP contribution in [0.25, 0.3) is 0 Å². The molecule has 0 spiro atoms. The summed E-state index contributed by atoms with van der Waals surface area (Å²) in [5.41, 5.74) is 1.66. The van der Waals surface area contributed by atoms with E-state index in [9.17, 15) is 9.59 Å². The number of ether oxygens (including phenoxy) is 2. The number of urea groups is 1. The maximum Gasteiger partial charge on any atom is 0.321 e. The number of amides is 3. The topological polar surface area (TPSA) is 88.7 Å². The third kappa shape index (κ3) is 4.41. The van der Waals surface area contributed by atoms with Gasteiger partial charge in [0.05, 0.1) is 0 Å². The van der Waals surface area contributed by atoms with Gasteiger partial charge in [0.2, 0.25) is 12.7 Å². The molecule has 130 valence electrons. The lowest BCUT2D eigenvalue weighted by Crippen LogP contribution is -2.45. The lowest BCUT2D eigenvalue weighted by atomic mass is 10.2. The Kier molecular flexibility index (Phi) is 5.03. The average molecular weight is 341 g/mol. The number of rotatable bonds is 5. The van der Waals surface area contributed by atoms with Gasteiger partial charge >= 0.3 is 6.03 Å². The SMILES string of the molecule is CC(Nc1ccc2c(c1)OCO2)C(=O)NC(=O)NCc1ccccc1. The minimum atomic E-state index is -0.595. The van der Waals surface area contributed by atoms with Crippen LogP contribution in [0, 0.1) is 0 Å². The molecule has 0 saturated carbocycles. The molecule has 3 rings (SSSR count). The summed E-state index contributed by atoms with van der Waals surface area (Å²) in [7, 11) is 0. The van der Waals surface area contributed by atoms with Crippen molar-refractivity contribution >= 4 is 17.6 Å². The number of imide groups is 1. The molecule has 0 aromatic heterocycles. The maximum atomic E-state index is 12.1. The van der Waals surface area contributed by atoms with Crippen molar-refractivity contribution in [3.05, 3.63) is 54.1 Å². The zero-order valence-corrected chi connectivity index (χ0v) is 13.7. The second-order valence-corrected chi connectivity index (χ2v) is 5.59. The first kappa shape index (κ1) is 16.6. The molecule has 1 heterocycles. The van der Waals surface area contributed by atoms with Crippen molar-refractivity contribution in [3.8, 4) is 11.5 Å². The van der Waals surface area contributed by atoms with Crippen LogP contribution in [-0.2, 0) is 11.3 Å². The van der Waals surface area contributed by atoms with Crippen LogP contribution in [0.1, 0.15) is 12.5 Å². The number of carbonyl (C=O) groups excluding carboxylic acids is 2. The first-order valence-corrected chi connectivity index (χ1v) is 7.90. The van der Waals surface area contributed by atoms with Gasteiger partial charge in [-0.25, -0.2) is 4.79 Å². The monoisotopic (exact) mass is 341 g/mol. The van der Waals surface area contributed by atoms with Gasteiger partial charge in [0.1, 0.15) is 6.04 Å². The van der Waals surface area contributed by atoms with Crippen LogP contribution >= 0.6 is 0 Å². The fourth-order valence-electron chi connectivity index (χ4n) is 2.34. The van der Waals surface area contributed by atoms with Gasteiger partial charge in [0.25, 0.3) is 0 Å². The summed E-state index contributed by atoms with van der Waals surface area (Å²) >= 11 is 0. The molecule has 0 aliphatic carbocycles. The fourth-order valence-corrected chi connectivity index (χ4v) is 2.34. The Labute approximate surface area is 145 Å². The van der Waals surface area contributed by atoms with E-state index in [0.717, 1.165) is 5.56 Å². The van der Waals surface area contributed by atoms with Crippen molar-refractivity contribution in [3.63, 3.8) is 0 Å². The predicted octanol–water partition coefficient (Wildman–Crippen LogP) is 2.24. The maximum absolute atomic E-state index is 12.1. The van der Waals surface area contributed by atoms with Crippen LogP contribution in [-0.4, -0.2) is 24.8 Å². The number of hydrogen-bond acceptors (Lipinski definition) is 5. The van der Waals surface area contributed by atoms with Crippen LogP contribution in [0.4, 0.5) is 10.5 Å². The summed E-state index contributed by atoms with van der Waals surface area (Å²) in [6.45, 7) is 2.21. The molecular weight excluding hydrogens is 322 g/mol. The molecule has 1 aliphatic heterocycles. The highest BCUT2D eigenvalue weighted by atomic mass is 16.7. The number of anilines is 1. The van der Waals surface area contributed by atoms with Crippen molar-refractivity contribution in [1.29, 1.82) is 0 Å². The number of benzene rings is 2. The quantitative estimate of drug-likeness (QED) is 0.776. The molecule has 1 atom stereocenters. The van der Waals surface area contributed by atoms with E-state index in [4.69, 9.17) is 9.47 Å². The Balaban J connectivity index is 1.48. The van der Waals surface area contributed by atoms with Crippen LogP contribution in [0.15, 0.2) is 48.5 Å². The highest BCUT2D eigenvalue weighted by molar-refractivity contribution is 5.98. The molecule has 0 fully saturated rings. The van der Waals surface area contributed by atoms with E-state index >= 15 is 0 Å². The van der Waals surface area contributed by atoms with Crippen molar-refractivity contribution in [1.82, 2.24) is 10.6 Å². The molecule has 7 nitrogen and oxygen atoms in total. The van der Waals surface area contributed by atoms with Gasteiger partial charge in [0, 0.05) is 18.3 Å². The zero-order chi connectivity index (χ0) is 17.6. The van der Waals surface area contributed by atoms with Gasteiger partial charge in [-0.2, -0.15) is 0 Å². The van der Waals surface area contributed by atoms with Crippen molar-refractivity contribution < 1.29 is 19.1 Å². The standard InChI is InChI=1S/C18H19N3O4/c1-12(20-14-7-8-15-16(9-14)25-11-24-15)17(22)21-18(23)19-10-13-5-3-2-4-6-13/h2-9,12,20H,10-11H2,1H3,(H2,19,21,22,23). The second kappa shape index (κ2) is 7.57. The molecule has 3 amide bonds. The van der Waals surface area contributed by atoms with Gasteiger partial charge in [-0.05, 0) is 24.6 Å². The molecule has 3 N–H and O–H groups in total. The van der Waals surface area contributed by atoms with Gasteiger partial charge in [-0.1, -0.05) is 30.3 Å². The van der Waals surface area contributed by atoms with E-state index in [-0.39, 0.29) is 6.79 Å². The number of nitrogens with one attached hydrogen (secondary N) is 3. The molecule has 1 unspecified atom stereocenters. The molecule has 2 aromatic rings. The Morgan fingerprint density at radius 2 is 1.84 bits per heavy atom. The average Bonchev–Trinajstić information content (AvgIpc) is 3.08. The first-order chi connectivity index (χ1) is 12.1. The highest BCUT2D eigenvalue weighted by Gasteiger charge is 2.18. The van der Waals surface area contributed by atoms with Gasteiger partial charge < -0.3 is 20.1 Å². The minimum Gasteiger partial charge on any atom is -0.454 e. The van der Waals surface area contributed by atoms with E-state index < -0.39 is 18.0 Å². The number of hydrogen-bond donors (Lipinski definition) is 3. The molecule has 0 radical (unpaired) electrons. The summed E-state index contributed by atoms with van der Waals surface area (Å²) in [5, 5.41) is 7.99. The Morgan fingerprint density at radius 1 is 1.08 bits per heavy atom. The van der Waals surface area contributed by atoms with Gasteiger partial charge in [-0.3, -0.25) is 10.1 Å². The van der Waals surface area contributed by atoms with Crippen molar-refractivity contribution in [2.45, 2.75) is 19.5 Å². The summed E-state index contributed by atoms with van der Waals surface area (Å²) in [6.07, 6.45) is 0. The van der Waals surface area contributed by atoms with Crippen LogP contribution < -0.4 is 25.4 Å². The minimum absolute atomic E-state index is 0.191. The van der Waals surface area contributed by atoms with Crippen LogP contribution in [0.2, 0.25) is 0 Å². The van der Waals surface area contributed by atoms with E-state index in [1.165, 1.54) is 0 Å². The summed E-state index contributed by atoms with van der Waals surface area (Å²) < 4.78 is 10.5. The smallest absolute Gasteiger partial charge is 0.321 e. The lowest BCUT2D eigenvalue weighted by molar-refractivity contribution is -0.120. The van der Waals surface area contributed by atoms with E-state index in [2.05, 4.69) is 16.0 Å². The summed E-state index contributed by atoms with van der Waals surface area (Å²) in [4.78, 5) is 23.9. The number of fused-ring (bicyclic) bond motifs is 1. The molecule has 0 saturated heterocycles. The highest BCUT2D eigenvalue weighted by Crippen LogP contribution is 2.34. The predicted molar refractivity (Wildman–Crippen MR) is 92.5 cm³/mol. The van der Waals surface area contributed by atoms with E-state index in [1.807, 2.05) is 30.3 Å². The van der Waals surface area contributed by atoms with Gasteiger partial charge in [-0.15, -0.1) is 0 Å². The molecule has 1 aliphatic rings. The summed E-state index contributed by atoms with van der Waals surface area (Å²) in [5.74, 6) is 0.865.